The van der Waals surface area contributed by atoms with Crippen LogP contribution >= 0.6 is 15.9 Å². The molecule has 12 heavy (non-hydrogen) atoms. The molecule has 0 spiro atoms. The quantitative estimate of drug-likeness (QED) is 0.793. The number of primary amides is 1. The Balaban J connectivity index is 2.57. The maximum Gasteiger partial charge on any atom is 0.217 e. The molecule has 1 aromatic rings. The lowest BCUT2D eigenvalue weighted by atomic mass is 10.1. The number of aryl methyl sites for hydroxylation is 1. The molecule has 1 amide bonds. The van der Waals surface area contributed by atoms with Crippen LogP contribution in [0, 0.1) is 0 Å². The highest BCUT2D eigenvalue weighted by molar-refractivity contribution is 9.10. The summed E-state index contributed by atoms with van der Waals surface area (Å²) in [5, 5.41) is 0. The maximum atomic E-state index is 10.5. The van der Waals surface area contributed by atoms with E-state index >= 15 is 0 Å². The van der Waals surface area contributed by atoms with Gasteiger partial charge in [0.05, 0.1) is 0 Å². The number of hydrogen-bond donors (Lipinski definition) is 1. The molecule has 0 aromatic carbocycles. The van der Waals surface area contributed by atoms with Crippen LogP contribution in [0.25, 0.3) is 0 Å². The van der Waals surface area contributed by atoms with Crippen LogP contribution < -0.4 is 5.73 Å². The molecule has 4 heteroatoms. The van der Waals surface area contributed by atoms with Gasteiger partial charge in [-0.3, -0.25) is 4.79 Å². The topological polar surface area (TPSA) is 56.0 Å². The lowest BCUT2D eigenvalue weighted by molar-refractivity contribution is -0.117. The van der Waals surface area contributed by atoms with Gasteiger partial charge in [0, 0.05) is 12.6 Å². The minimum absolute atomic E-state index is 0.275. The number of pyridine rings is 1. The Labute approximate surface area is 79.1 Å². The molecule has 0 aliphatic heterocycles. The summed E-state index contributed by atoms with van der Waals surface area (Å²) >= 11 is 3.24. The SMILES string of the molecule is NC(=O)CCc1ccnc(Br)c1. The van der Waals surface area contributed by atoms with Crippen LogP contribution in [0.1, 0.15) is 12.0 Å². The first kappa shape index (κ1) is 9.19. The lowest BCUT2D eigenvalue weighted by Crippen LogP contribution is -2.11. The molecule has 0 fully saturated rings. The minimum Gasteiger partial charge on any atom is -0.370 e. The van der Waals surface area contributed by atoms with E-state index in [2.05, 4.69) is 20.9 Å². The Morgan fingerprint density at radius 1 is 1.67 bits per heavy atom. The average Bonchev–Trinajstić information content (AvgIpc) is 2.01. The Hall–Kier alpha value is -0.900. The summed E-state index contributed by atoms with van der Waals surface area (Å²) in [6, 6.07) is 3.75. The van der Waals surface area contributed by atoms with Gasteiger partial charge < -0.3 is 5.73 Å². The van der Waals surface area contributed by atoms with Gasteiger partial charge in [0.15, 0.2) is 0 Å². The van der Waals surface area contributed by atoms with E-state index < -0.39 is 0 Å². The molecule has 0 aliphatic rings. The number of nitrogens with two attached hydrogens (primary N) is 1. The largest absolute Gasteiger partial charge is 0.370 e. The normalized spacial score (nSPS) is 9.75. The van der Waals surface area contributed by atoms with Crippen LogP contribution in [-0.4, -0.2) is 10.9 Å². The van der Waals surface area contributed by atoms with Crippen LogP contribution in [0.4, 0.5) is 0 Å². The first-order valence-corrected chi connectivity index (χ1v) is 4.36. The lowest BCUT2D eigenvalue weighted by Gasteiger charge is -1.97. The molecule has 0 bridgehead atoms. The molecular formula is C8H9BrN2O. The fourth-order valence-corrected chi connectivity index (χ4v) is 1.28. The average molecular weight is 229 g/mol. The van der Waals surface area contributed by atoms with Crippen molar-refractivity contribution in [3.8, 4) is 0 Å². The van der Waals surface area contributed by atoms with Crippen molar-refractivity contribution in [1.82, 2.24) is 4.98 Å². The van der Waals surface area contributed by atoms with E-state index in [1.165, 1.54) is 0 Å². The van der Waals surface area contributed by atoms with E-state index in [0.29, 0.717) is 12.8 Å². The summed E-state index contributed by atoms with van der Waals surface area (Å²) in [5.74, 6) is -0.275. The minimum atomic E-state index is -0.275. The molecule has 0 saturated heterocycles. The Bertz CT molecular complexity index is 288. The zero-order valence-corrected chi connectivity index (χ0v) is 8.04. The molecule has 1 aromatic heterocycles. The van der Waals surface area contributed by atoms with E-state index in [-0.39, 0.29) is 5.91 Å². The van der Waals surface area contributed by atoms with Gasteiger partial charge in [-0.2, -0.15) is 0 Å². The van der Waals surface area contributed by atoms with Crippen molar-refractivity contribution in [1.29, 1.82) is 0 Å². The number of carbonyl (C=O) groups is 1. The summed E-state index contributed by atoms with van der Waals surface area (Å²) in [6.07, 6.45) is 2.76. The third kappa shape index (κ3) is 3.00. The molecule has 0 saturated carbocycles. The van der Waals surface area contributed by atoms with Crippen LogP contribution in [-0.2, 0) is 11.2 Å². The predicted molar refractivity (Wildman–Crippen MR) is 49.5 cm³/mol. The highest BCUT2D eigenvalue weighted by Crippen LogP contribution is 2.09. The molecule has 2 N–H and O–H groups in total. The van der Waals surface area contributed by atoms with Crippen molar-refractivity contribution in [3.63, 3.8) is 0 Å². The van der Waals surface area contributed by atoms with Crippen molar-refractivity contribution < 1.29 is 4.79 Å². The number of rotatable bonds is 3. The second-order valence-corrected chi connectivity index (χ2v) is 3.27. The van der Waals surface area contributed by atoms with Crippen molar-refractivity contribution in [2.24, 2.45) is 5.73 Å². The Kier molecular flexibility index (Phi) is 3.22. The van der Waals surface area contributed by atoms with Crippen LogP contribution in [0.2, 0.25) is 0 Å². The second-order valence-electron chi connectivity index (χ2n) is 2.45. The predicted octanol–water partition coefficient (Wildman–Crippen LogP) is 1.26. The van der Waals surface area contributed by atoms with Crippen molar-refractivity contribution in [2.75, 3.05) is 0 Å². The van der Waals surface area contributed by atoms with Gasteiger partial charge in [-0.25, -0.2) is 4.98 Å². The zero-order valence-electron chi connectivity index (χ0n) is 6.46. The number of nitrogens with zero attached hydrogens (tertiary/aromatic N) is 1. The van der Waals surface area contributed by atoms with Gasteiger partial charge in [0.1, 0.15) is 4.60 Å². The molecule has 0 atom stereocenters. The van der Waals surface area contributed by atoms with E-state index in [4.69, 9.17) is 5.73 Å². The highest BCUT2D eigenvalue weighted by atomic mass is 79.9. The van der Waals surface area contributed by atoms with Crippen molar-refractivity contribution in [2.45, 2.75) is 12.8 Å². The number of aromatic nitrogens is 1. The molecule has 1 heterocycles. The van der Waals surface area contributed by atoms with Crippen molar-refractivity contribution >= 4 is 21.8 Å². The van der Waals surface area contributed by atoms with Gasteiger partial charge in [0.2, 0.25) is 5.91 Å². The van der Waals surface area contributed by atoms with E-state index in [1.54, 1.807) is 6.20 Å². The van der Waals surface area contributed by atoms with Crippen LogP contribution in [0.3, 0.4) is 0 Å². The molecule has 0 unspecified atom stereocenters. The van der Waals surface area contributed by atoms with Crippen molar-refractivity contribution in [3.05, 3.63) is 28.5 Å². The second kappa shape index (κ2) is 4.21. The fourth-order valence-electron chi connectivity index (χ4n) is 0.866. The van der Waals surface area contributed by atoms with Gasteiger partial charge in [0.25, 0.3) is 0 Å². The third-order valence-electron chi connectivity index (χ3n) is 1.45. The highest BCUT2D eigenvalue weighted by Gasteiger charge is 1.97. The monoisotopic (exact) mass is 228 g/mol. The summed E-state index contributed by atoms with van der Waals surface area (Å²) in [5.41, 5.74) is 6.08. The molecule has 0 radical (unpaired) electrons. The zero-order chi connectivity index (χ0) is 8.97. The van der Waals surface area contributed by atoms with Gasteiger partial charge in [-0.05, 0) is 40.0 Å². The van der Waals surface area contributed by atoms with E-state index in [0.717, 1.165) is 10.2 Å². The smallest absolute Gasteiger partial charge is 0.217 e. The molecule has 0 aliphatic carbocycles. The van der Waals surface area contributed by atoms with Gasteiger partial charge in [-0.1, -0.05) is 0 Å². The standard InChI is InChI=1S/C8H9BrN2O/c9-7-5-6(3-4-11-7)1-2-8(10)12/h3-5H,1-2H2,(H2,10,12). The number of hydrogen-bond acceptors (Lipinski definition) is 2. The van der Waals surface area contributed by atoms with Crippen LogP contribution in [0.5, 0.6) is 0 Å². The maximum absolute atomic E-state index is 10.5. The summed E-state index contributed by atoms with van der Waals surface area (Å²) < 4.78 is 0.782. The summed E-state index contributed by atoms with van der Waals surface area (Å²) in [6.45, 7) is 0. The number of amides is 1. The summed E-state index contributed by atoms with van der Waals surface area (Å²) in [4.78, 5) is 14.4. The first-order chi connectivity index (χ1) is 5.68. The van der Waals surface area contributed by atoms with Gasteiger partial charge in [-0.15, -0.1) is 0 Å². The molecular weight excluding hydrogens is 220 g/mol. The van der Waals surface area contributed by atoms with E-state index in [1.807, 2.05) is 12.1 Å². The summed E-state index contributed by atoms with van der Waals surface area (Å²) in [7, 11) is 0. The number of halogens is 1. The molecule has 1 rings (SSSR count). The fraction of sp³-hybridized carbons (Fsp3) is 0.250. The Morgan fingerprint density at radius 2 is 2.42 bits per heavy atom. The first-order valence-electron chi connectivity index (χ1n) is 3.57. The van der Waals surface area contributed by atoms with Crippen LogP contribution in [0.15, 0.2) is 22.9 Å². The molecule has 3 nitrogen and oxygen atoms in total. The third-order valence-corrected chi connectivity index (χ3v) is 1.88. The number of carbonyl (C=O) groups excluding carboxylic acids is 1. The molecule has 64 valence electrons. The van der Waals surface area contributed by atoms with E-state index in [9.17, 15) is 4.79 Å². The van der Waals surface area contributed by atoms with Gasteiger partial charge >= 0.3 is 0 Å². The Morgan fingerprint density at radius 3 is 3.00 bits per heavy atom.